The smallest absolute Gasteiger partial charge is 0.143 e. The molecule has 0 amide bonds. The highest BCUT2D eigenvalue weighted by Crippen LogP contribution is 2.37. The van der Waals surface area contributed by atoms with Gasteiger partial charge in [0, 0.05) is 5.02 Å². The van der Waals surface area contributed by atoms with Crippen molar-refractivity contribution >= 4 is 44.8 Å². The molecular weight excluding hydrogens is 349 g/mol. The number of thiazole rings is 1. The van der Waals surface area contributed by atoms with Gasteiger partial charge in [-0.05, 0) is 43.3 Å². The molecule has 2 heterocycles. The normalized spacial score (nSPS) is 11.3. The molecule has 3 nitrogen and oxygen atoms in total. The molecule has 0 fully saturated rings. The van der Waals surface area contributed by atoms with Crippen LogP contribution in [0.2, 0.25) is 10.2 Å². The number of para-hydroxylation sites is 1. The van der Waals surface area contributed by atoms with Gasteiger partial charge in [-0.15, -0.1) is 11.3 Å². The number of aryl methyl sites for hydroxylation is 1. The van der Waals surface area contributed by atoms with Crippen molar-refractivity contribution < 1.29 is 0 Å². The van der Waals surface area contributed by atoms with Crippen LogP contribution >= 0.6 is 34.5 Å². The Morgan fingerprint density at radius 1 is 1.00 bits per heavy atom. The number of nitrogens with zero attached hydrogens (tertiary/aromatic N) is 3. The van der Waals surface area contributed by atoms with Gasteiger partial charge in [-0.25, -0.2) is 9.67 Å². The Morgan fingerprint density at radius 3 is 2.48 bits per heavy atom. The lowest BCUT2D eigenvalue weighted by Crippen LogP contribution is -1.96. The molecule has 0 unspecified atom stereocenters. The van der Waals surface area contributed by atoms with E-state index in [1.54, 1.807) is 16.0 Å². The lowest BCUT2D eigenvalue weighted by atomic mass is 10.3. The van der Waals surface area contributed by atoms with Gasteiger partial charge in [0.2, 0.25) is 0 Å². The van der Waals surface area contributed by atoms with Gasteiger partial charge in [-0.3, -0.25) is 0 Å². The second-order valence-corrected chi connectivity index (χ2v) is 6.95. The first-order chi connectivity index (χ1) is 11.1. The molecule has 0 bridgehead atoms. The number of hydrogen-bond donors (Lipinski definition) is 0. The summed E-state index contributed by atoms with van der Waals surface area (Å²) in [5.74, 6) is 0. The van der Waals surface area contributed by atoms with Gasteiger partial charge in [0.15, 0.2) is 0 Å². The minimum Gasteiger partial charge on any atom is -0.236 e. The van der Waals surface area contributed by atoms with Crippen molar-refractivity contribution in [3.05, 3.63) is 64.4 Å². The highest BCUT2D eigenvalue weighted by atomic mass is 35.5. The summed E-state index contributed by atoms with van der Waals surface area (Å²) in [6.45, 7) is 1.94. The van der Waals surface area contributed by atoms with E-state index in [0.717, 1.165) is 32.2 Å². The third-order valence-corrected chi connectivity index (χ3v) is 5.24. The molecular formula is C17H11Cl2N3S. The third kappa shape index (κ3) is 2.53. The highest BCUT2D eigenvalue weighted by Gasteiger charge is 2.19. The Kier molecular flexibility index (Phi) is 3.60. The molecule has 6 heteroatoms. The van der Waals surface area contributed by atoms with Crippen molar-refractivity contribution in [2.45, 2.75) is 6.92 Å². The molecule has 2 aromatic heterocycles. The summed E-state index contributed by atoms with van der Waals surface area (Å²) in [7, 11) is 0. The molecule has 114 valence electrons. The summed E-state index contributed by atoms with van der Waals surface area (Å²) >= 11 is 14.2. The first-order valence-corrected chi connectivity index (χ1v) is 8.58. The summed E-state index contributed by atoms with van der Waals surface area (Å²) in [4.78, 5) is 4.69. The Bertz CT molecular complexity index is 970. The molecule has 0 radical (unpaired) electrons. The quantitative estimate of drug-likeness (QED) is 0.455. The van der Waals surface area contributed by atoms with E-state index in [0.29, 0.717) is 10.2 Å². The molecule has 2 aromatic carbocycles. The number of rotatable bonds is 2. The van der Waals surface area contributed by atoms with E-state index in [1.807, 2.05) is 49.4 Å². The van der Waals surface area contributed by atoms with E-state index in [1.165, 1.54) is 0 Å². The summed E-state index contributed by atoms with van der Waals surface area (Å²) in [5.41, 5.74) is 3.57. The van der Waals surface area contributed by atoms with Gasteiger partial charge in [-0.1, -0.05) is 35.3 Å². The SMILES string of the molecule is Cc1nn(-c2ccc(Cl)cc2)c(Cl)c1-c1nc2ccccc2s1. The Hall–Kier alpha value is -1.88. The molecule has 0 aliphatic heterocycles. The van der Waals surface area contributed by atoms with Crippen molar-refractivity contribution in [1.82, 2.24) is 14.8 Å². The van der Waals surface area contributed by atoms with E-state index in [2.05, 4.69) is 16.1 Å². The predicted molar refractivity (Wildman–Crippen MR) is 96.9 cm³/mol. The molecule has 0 spiro atoms. The van der Waals surface area contributed by atoms with E-state index < -0.39 is 0 Å². The summed E-state index contributed by atoms with van der Waals surface area (Å²) in [5, 5.41) is 6.69. The zero-order valence-corrected chi connectivity index (χ0v) is 14.5. The Morgan fingerprint density at radius 2 is 1.74 bits per heavy atom. The fraction of sp³-hybridized carbons (Fsp3) is 0.0588. The minimum absolute atomic E-state index is 0.559. The van der Waals surface area contributed by atoms with Crippen LogP contribution in [-0.2, 0) is 0 Å². The number of aromatic nitrogens is 3. The predicted octanol–water partition coefficient (Wildman–Crippen LogP) is 5.76. The topological polar surface area (TPSA) is 30.7 Å². The summed E-state index contributed by atoms with van der Waals surface area (Å²) in [6, 6.07) is 15.5. The van der Waals surface area contributed by atoms with Crippen LogP contribution in [0.3, 0.4) is 0 Å². The number of benzene rings is 2. The second-order valence-electron chi connectivity index (χ2n) is 5.13. The van der Waals surface area contributed by atoms with E-state index >= 15 is 0 Å². The van der Waals surface area contributed by atoms with Crippen LogP contribution in [0, 0.1) is 6.92 Å². The van der Waals surface area contributed by atoms with Gasteiger partial charge in [0.05, 0.1) is 27.2 Å². The average molecular weight is 360 g/mol. The zero-order valence-electron chi connectivity index (χ0n) is 12.1. The van der Waals surface area contributed by atoms with Gasteiger partial charge in [0.25, 0.3) is 0 Å². The van der Waals surface area contributed by atoms with E-state index in [9.17, 15) is 0 Å². The monoisotopic (exact) mass is 359 g/mol. The molecule has 0 N–H and O–H groups in total. The van der Waals surface area contributed by atoms with Crippen LogP contribution in [-0.4, -0.2) is 14.8 Å². The van der Waals surface area contributed by atoms with Gasteiger partial charge in [0.1, 0.15) is 10.2 Å². The van der Waals surface area contributed by atoms with Crippen LogP contribution in [0.5, 0.6) is 0 Å². The molecule has 0 atom stereocenters. The van der Waals surface area contributed by atoms with Crippen molar-refractivity contribution in [3.63, 3.8) is 0 Å². The number of hydrogen-bond acceptors (Lipinski definition) is 3. The van der Waals surface area contributed by atoms with Crippen LogP contribution < -0.4 is 0 Å². The number of halogens is 2. The Balaban J connectivity index is 1.88. The fourth-order valence-electron chi connectivity index (χ4n) is 2.47. The van der Waals surface area contributed by atoms with Crippen LogP contribution in [0.4, 0.5) is 0 Å². The summed E-state index contributed by atoms with van der Waals surface area (Å²) < 4.78 is 2.85. The molecule has 4 rings (SSSR count). The molecule has 23 heavy (non-hydrogen) atoms. The van der Waals surface area contributed by atoms with Gasteiger partial charge in [-0.2, -0.15) is 5.10 Å². The highest BCUT2D eigenvalue weighted by molar-refractivity contribution is 7.21. The van der Waals surface area contributed by atoms with Crippen LogP contribution in [0.25, 0.3) is 26.5 Å². The molecule has 0 saturated heterocycles. The molecule has 0 saturated carbocycles. The first kappa shape index (κ1) is 14.7. The standard InChI is InChI=1S/C17H11Cl2N3S/c1-10-15(17-20-13-4-2-3-5-14(13)23-17)16(19)22(21-10)12-8-6-11(18)7-9-12/h2-9H,1H3. The maximum atomic E-state index is 6.60. The molecule has 0 aliphatic carbocycles. The molecule has 0 aliphatic rings. The average Bonchev–Trinajstić information content (AvgIpc) is 3.08. The van der Waals surface area contributed by atoms with Crippen LogP contribution in [0.15, 0.2) is 48.5 Å². The van der Waals surface area contributed by atoms with Gasteiger partial charge < -0.3 is 0 Å². The third-order valence-electron chi connectivity index (χ3n) is 3.58. The maximum absolute atomic E-state index is 6.60. The Labute approximate surface area is 147 Å². The second kappa shape index (κ2) is 5.64. The molecule has 4 aromatic rings. The van der Waals surface area contributed by atoms with Crippen molar-refractivity contribution in [2.75, 3.05) is 0 Å². The van der Waals surface area contributed by atoms with Crippen LogP contribution in [0.1, 0.15) is 5.69 Å². The first-order valence-electron chi connectivity index (χ1n) is 7.00. The lowest BCUT2D eigenvalue weighted by Gasteiger charge is -2.03. The number of fused-ring (bicyclic) bond motifs is 1. The van der Waals surface area contributed by atoms with Crippen molar-refractivity contribution in [1.29, 1.82) is 0 Å². The van der Waals surface area contributed by atoms with Crippen molar-refractivity contribution in [2.24, 2.45) is 0 Å². The van der Waals surface area contributed by atoms with Gasteiger partial charge >= 0.3 is 0 Å². The van der Waals surface area contributed by atoms with E-state index in [4.69, 9.17) is 23.2 Å². The largest absolute Gasteiger partial charge is 0.236 e. The zero-order chi connectivity index (χ0) is 16.0. The summed E-state index contributed by atoms with van der Waals surface area (Å²) in [6.07, 6.45) is 0. The fourth-order valence-corrected chi connectivity index (χ4v) is 4.08. The lowest BCUT2D eigenvalue weighted by molar-refractivity contribution is 0.863. The maximum Gasteiger partial charge on any atom is 0.143 e. The van der Waals surface area contributed by atoms with Crippen molar-refractivity contribution in [3.8, 4) is 16.3 Å². The van der Waals surface area contributed by atoms with E-state index in [-0.39, 0.29) is 0 Å². The minimum atomic E-state index is 0.559.